The SMILES string of the molecule is CCCN1Cc2[nH]c(-c3cnn(Cc4cccc(C(F)(F)F)c4)c3)nc2N=C1C(N)=O. The van der Waals surface area contributed by atoms with Crippen LogP contribution in [-0.2, 0) is 24.1 Å². The number of fused-ring (bicyclic) bond motifs is 1. The summed E-state index contributed by atoms with van der Waals surface area (Å²) in [6.07, 6.45) is -0.313. The summed E-state index contributed by atoms with van der Waals surface area (Å²) in [7, 11) is 0. The first-order valence-corrected chi connectivity index (χ1v) is 9.66. The lowest BCUT2D eigenvalue weighted by molar-refractivity contribution is -0.137. The summed E-state index contributed by atoms with van der Waals surface area (Å²) in [5, 5.41) is 4.23. The summed E-state index contributed by atoms with van der Waals surface area (Å²) in [6.45, 7) is 3.23. The lowest BCUT2D eigenvalue weighted by Crippen LogP contribution is -2.42. The standard InChI is InChI=1S/C20H20F3N7O/c1-2-6-29-11-15-18(28-19(29)16(24)31)27-17(26-15)13-8-25-30(10-13)9-12-4-3-5-14(7-12)20(21,22)23/h3-5,7-8,10H,2,6,9,11H2,1H3,(H2,24,31)(H,26,27). The summed E-state index contributed by atoms with van der Waals surface area (Å²) >= 11 is 0. The molecule has 1 aliphatic rings. The third-order valence-corrected chi connectivity index (χ3v) is 4.84. The van der Waals surface area contributed by atoms with E-state index in [1.54, 1.807) is 23.4 Å². The number of aliphatic imine (C=N–C) groups is 1. The number of nitrogens with zero attached hydrogens (tertiary/aromatic N) is 5. The number of amidine groups is 1. The van der Waals surface area contributed by atoms with Crippen LogP contribution in [0.2, 0.25) is 0 Å². The van der Waals surface area contributed by atoms with Gasteiger partial charge in [-0.15, -0.1) is 0 Å². The van der Waals surface area contributed by atoms with Gasteiger partial charge in [-0.3, -0.25) is 9.48 Å². The van der Waals surface area contributed by atoms with Crippen LogP contribution in [0, 0.1) is 0 Å². The molecule has 0 spiro atoms. The summed E-state index contributed by atoms with van der Waals surface area (Å²) in [4.78, 5) is 25.4. The summed E-state index contributed by atoms with van der Waals surface area (Å²) in [6, 6.07) is 5.13. The summed E-state index contributed by atoms with van der Waals surface area (Å²) < 4.78 is 40.3. The van der Waals surface area contributed by atoms with E-state index in [0.29, 0.717) is 35.9 Å². The van der Waals surface area contributed by atoms with Crippen molar-refractivity contribution >= 4 is 17.6 Å². The highest BCUT2D eigenvalue weighted by Gasteiger charge is 2.30. The smallest absolute Gasteiger partial charge is 0.363 e. The van der Waals surface area contributed by atoms with Gasteiger partial charge in [0.05, 0.1) is 36.1 Å². The maximum absolute atomic E-state index is 12.9. The van der Waals surface area contributed by atoms with E-state index in [0.717, 1.165) is 24.2 Å². The van der Waals surface area contributed by atoms with E-state index in [2.05, 4.69) is 20.1 Å². The Morgan fingerprint density at radius 2 is 2.13 bits per heavy atom. The lowest BCUT2D eigenvalue weighted by Gasteiger charge is -2.26. The Morgan fingerprint density at radius 1 is 1.32 bits per heavy atom. The van der Waals surface area contributed by atoms with Crippen molar-refractivity contribution < 1.29 is 18.0 Å². The Hall–Kier alpha value is -3.63. The van der Waals surface area contributed by atoms with Crippen molar-refractivity contribution in [3.05, 3.63) is 53.5 Å². The highest BCUT2D eigenvalue weighted by molar-refractivity contribution is 6.37. The van der Waals surface area contributed by atoms with Gasteiger partial charge >= 0.3 is 6.18 Å². The van der Waals surface area contributed by atoms with Gasteiger partial charge in [-0.1, -0.05) is 19.1 Å². The van der Waals surface area contributed by atoms with Gasteiger partial charge < -0.3 is 15.6 Å². The minimum absolute atomic E-state index is 0.174. The molecule has 2 aromatic heterocycles. The molecule has 0 radical (unpaired) electrons. The number of primary amides is 1. The Balaban J connectivity index is 1.56. The lowest BCUT2D eigenvalue weighted by atomic mass is 10.1. The largest absolute Gasteiger partial charge is 0.416 e. The number of benzene rings is 1. The molecule has 1 aliphatic heterocycles. The van der Waals surface area contributed by atoms with Crippen molar-refractivity contribution in [2.24, 2.45) is 10.7 Å². The number of aromatic nitrogens is 4. The minimum atomic E-state index is -4.39. The summed E-state index contributed by atoms with van der Waals surface area (Å²) in [5.41, 5.74) is 6.63. The average Bonchev–Trinajstić information content (AvgIpc) is 3.33. The van der Waals surface area contributed by atoms with Crippen LogP contribution >= 0.6 is 0 Å². The van der Waals surface area contributed by atoms with Gasteiger partial charge in [0.2, 0.25) is 0 Å². The number of amides is 1. The molecule has 3 heterocycles. The quantitative estimate of drug-likeness (QED) is 0.626. The van der Waals surface area contributed by atoms with E-state index >= 15 is 0 Å². The van der Waals surface area contributed by atoms with Crippen molar-refractivity contribution in [3.8, 4) is 11.4 Å². The predicted molar refractivity (Wildman–Crippen MR) is 107 cm³/mol. The molecule has 4 rings (SSSR count). The molecular weight excluding hydrogens is 411 g/mol. The monoisotopic (exact) mass is 431 g/mol. The number of nitrogens with two attached hydrogens (primary N) is 1. The van der Waals surface area contributed by atoms with Gasteiger partial charge in [0.1, 0.15) is 5.82 Å². The van der Waals surface area contributed by atoms with Crippen molar-refractivity contribution in [1.29, 1.82) is 0 Å². The van der Waals surface area contributed by atoms with Gasteiger partial charge in [-0.05, 0) is 24.1 Å². The van der Waals surface area contributed by atoms with Gasteiger partial charge in [0, 0.05) is 12.7 Å². The highest BCUT2D eigenvalue weighted by atomic mass is 19.4. The molecule has 0 atom stereocenters. The van der Waals surface area contributed by atoms with Crippen LogP contribution in [0.1, 0.15) is 30.2 Å². The maximum atomic E-state index is 12.9. The number of alkyl halides is 3. The molecule has 0 unspecified atom stereocenters. The molecule has 3 aromatic rings. The van der Waals surface area contributed by atoms with Crippen LogP contribution in [0.4, 0.5) is 19.0 Å². The number of imidazole rings is 1. The maximum Gasteiger partial charge on any atom is 0.416 e. The predicted octanol–water partition coefficient (Wildman–Crippen LogP) is 3.08. The molecule has 3 N–H and O–H groups in total. The zero-order valence-electron chi connectivity index (χ0n) is 16.6. The topological polar surface area (TPSA) is 105 Å². The zero-order chi connectivity index (χ0) is 22.2. The van der Waals surface area contributed by atoms with Gasteiger partial charge in [-0.25, -0.2) is 9.98 Å². The second kappa shape index (κ2) is 7.89. The molecule has 0 fully saturated rings. The van der Waals surface area contributed by atoms with E-state index in [9.17, 15) is 18.0 Å². The molecule has 31 heavy (non-hydrogen) atoms. The summed E-state index contributed by atoms with van der Waals surface area (Å²) in [5.74, 6) is 0.457. The van der Waals surface area contributed by atoms with E-state index in [1.165, 1.54) is 10.7 Å². The minimum Gasteiger partial charge on any atom is -0.363 e. The van der Waals surface area contributed by atoms with Gasteiger partial charge in [-0.2, -0.15) is 18.3 Å². The van der Waals surface area contributed by atoms with E-state index in [4.69, 9.17) is 5.73 Å². The van der Waals surface area contributed by atoms with E-state index < -0.39 is 17.6 Å². The van der Waals surface area contributed by atoms with Crippen LogP contribution in [0.15, 0.2) is 41.7 Å². The fourth-order valence-electron chi connectivity index (χ4n) is 3.45. The Morgan fingerprint density at radius 3 is 2.84 bits per heavy atom. The van der Waals surface area contributed by atoms with Gasteiger partial charge in [0.15, 0.2) is 11.7 Å². The van der Waals surface area contributed by atoms with Crippen LogP contribution in [0.25, 0.3) is 11.4 Å². The molecule has 0 aliphatic carbocycles. The number of hydrogen-bond acceptors (Lipinski definition) is 5. The first-order chi connectivity index (χ1) is 14.7. The van der Waals surface area contributed by atoms with Gasteiger partial charge in [0.25, 0.3) is 5.91 Å². The molecule has 1 amide bonds. The molecule has 0 saturated carbocycles. The second-order valence-corrected chi connectivity index (χ2v) is 7.23. The molecule has 162 valence electrons. The molecule has 0 bridgehead atoms. The van der Waals surface area contributed by atoms with E-state index in [-0.39, 0.29) is 12.4 Å². The van der Waals surface area contributed by atoms with Crippen LogP contribution in [-0.4, -0.2) is 42.9 Å². The molecular formula is C20H20F3N7O. The molecule has 8 nitrogen and oxygen atoms in total. The van der Waals surface area contributed by atoms with Crippen molar-refractivity contribution in [3.63, 3.8) is 0 Å². The number of halogens is 3. The fourth-order valence-corrected chi connectivity index (χ4v) is 3.45. The highest BCUT2D eigenvalue weighted by Crippen LogP contribution is 2.30. The number of nitrogens with one attached hydrogen (secondary N) is 1. The number of rotatable bonds is 6. The zero-order valence-corrected chi connectivity index (χ0v) is 16.6. The molecule has 0 saturated heterocycles. The number of H-pyrrole nitrogens is 1. The average molecular weight is 431 g/mol. The van der Waals surface area contributed by atoms with Crippen LogP contribution in [0.3, 0.4) is 0 Å². The Bertz CT molecular complexity index is 1150. The third kappa shape index (κ3) is 4.30. The Kier molecular flexibility index (Phi) is 5.25. The number of carbonyl (C=O) groups is 1. The van der Waals surface area contributed by atoms with Crippen molar-refractivity contribution in [1.82, 2.24) is 24.6 Å². The first-order valence-electron chi connectivity index (χ1n) is 9.66. The third-order valence-electron chi connectivity index (χ3n) is 4.84. The molecule has 11 heteroatoms. The normalized spacial score (nSPS) is 13.8. The van der Waals surface area contributed by atoms with Crippen molar-refractivity contribution in [2.75, 3.05) is 6.54 Å². The number of aromatic amines is 1. The first kappa shape index (κ1) is 20.6. The van der Waals surface area contributed by atoms with Crippen molar-refractivity contribution in [2.45, 2.75) is 32.6 Å². The number of hydrogen-bond donors (Lipinski definition) is 2. The second-order valence-electron chi connectivity index (χ2n) is 7.23. The van der Waals surface area contributed by atoms with E-state index in [1.807, 2.05) is 6.92 Å². The Labute approximate surface area is 175 Å². The molecule has 1 aromatic carbocycles. The number of carbonyl (C=O) groups excluding carboxylic acids is 1. The van der Waals surface area contributed by atoms with Crippen LogP contribution < -0.4 is 5.73 Å². The fraction of sp³-hybridized carbons (Fsp3) is 0.300. The van der Waals surface area contributed by atoms with Crippen LogP contribution in [0.5, 0.6) is 0 Å².